The molecular formula is C24H24N2O6S. The van der Waals surface area contributed by atoms with E-state index >= 15 is 0 Å². The van der Waals surface area contributed by atoms with Crippen molar-refractivity contribution in [3.63, 3.8) is 0 Å². The lowest BCUT2D eigenvalue weighted by atomic mass is 10.1. The lowest BCUT2D eigenvalue weighted by molar-refractivity contribution is -0.140. The van der Waals surface area contributed by atoms with Crippen LogP contribution in [0.4, 0.5) is 0 Å². The number of furan rings is 1. The molecule has 1 fully saturated rings. The van der Waals surface area contributed by atoms with Crippen LogP contribution in [0.15, 0.2) is 82.3 Å². The van der Waals surface area contributed by atoms with Gasteiger partial charge in [0.1, 0.15) is 5.76 Å². The molecule has 1 aliphatic heterocycles. The smallest absolute Gasteiger partial charge is 0.339 e. The Hall–Kier alpha value is -3.43. The highest BCUT2D eigenvalue weighted by molar-refractivity contribution is 7.89. The summed E-state index contributed by atoms with van der Waals surface area (Å²) in [6.07, 6.45) is 2.24. The van der Waals surface area contributed by atoms with Gasteiger partial charge in [0.05, 0.1) is 23.3 Å². The van der Waals surface area contributed by atoms with Crippen molar-refractivity contribution < 1.29 is 27.2 Å². The number of hydrogen-bond acceptors (Lipinski definition) is 6. The third kappa shape index (κ3) is 5.50. The van der Waals surface area contributed by atoms with Gasteiger partial charge >= 0.3 is 5.97 Å². The van der Waals surface area contributed by atoms with E-state index in [1.165, 1.54) is 30.5 Å². The molecule has 33 heavy (non-hydrogen) atoms. The predicted molar refractivity (Wildman–Crippen MR) is 120 cm³/mol. The van der Waals surface area contributed by atoms with Crippen molar-refractivity contribution in [1.29, 1.82) is 0 Å². The maximum Gasteiger partial charge on any atom is 0.339 e. The zero-order valence-corrected chi connectivity index (χ0v) is 18.7. The molecule has 1 aliphatic rings. The van der Waals surface area contributed by atoms with Crippen LogP contribution in [0, 0.1) is 0 Å². The Balaban J connectivity index is 1.47. The Kier molecular flexibility index (Phi) is 6.90. The summed E-state index contributed by atoms with van der Waals surface area (Å²) >= 11 is 0. The first kappa shape index (κ1) is 22.8. The molecule has 8 nitrogen and oxygen atoms in total. The van der Waals surface area contributed by atoms with Crippen molar-refractivity contribution in [2.45, 2.75) is 30.4 Å². The minimum Gasteiger partial charge on any atom is -0.468 e. The second kappa shape index (κ2) is 10.0. The Morgan fingerprint density at radius 3 is 2.30 bits per heavy atom. The number of carbonyl (C=O) groups excluding carboxylic acids is 2. The highest BCUT2D eigenvalue weighted by Gasteiger charge is 2.31. The van der Waals surface area contributed by atoms with E-state index in [-0.39, 0.29) is 22.9 Å². The highest BCUT2D eigenvalue weighted by atomic mass is 32.2. The van der Waals surface area contributed by atoms with E-state index in [0.29, 0.717) is 24.4 Å². The number of sulfonamides is 1. The zero-order valence-electron chi connectivity index (χ0n) is 17.8. The highest BCUT2D eigenvalue weighted by Crippen LogP contribution is 2.24. The maximum atomic E-state index is 13.0. The minimum absolute atomic E-state index is 0.00152. The quantitative estimate of drug-likeness (QED) is 0.509. The molecule has 0 radical (unpaired) electrons. The summed E-state index contributed by atoms with van der Waals surface area (Å²) in [5, 5.41) is 0. The molecule has 1 N–H and O–H groups in total. The van der Waals surface area contributed by atoms with Gasteiger partial charge in [0.15, 0.2) is 0 Å². The average molecular weight is 469 g/mol. The Morgan fingerprint density at radius 2 is 1.67 bits per heavy atom. The minimum atomic E-state index is -3.79. The third-order valence-corrected chi connectivity index (χ3v) is 6.80. The first-order chi connectivity index (χ1) is 15.9. The number of amides is 1. The summed E-state index contributed by atoms with van der Waals surface area (Å²) in [6, 6.07) is 17.6. The monoisotopic (exact) mass is 468 g/mol. The van der Waals surface area contributed by atoms with Gasteiger partial charge in [-0.1, -0.05) is 30.3 Å². The van der Waals surface area contributed by atoms with E-state index in [9.17, 15) is 18.0 Å². The molecule has 1 amide bonds. The van der Waals surface area contributed by atoms with Gasteiger partial charge in [-0.05, 0) is 49.2 Å². The topological polar surface area (TPSA) is 106 Å². The Bertz CT molecular complexity index is 1190. The number of hydrogen-bond donors (Lipinski definition) is 1. The largest absolute Gasteiger partial charge is 0.468 e. The lowest BCUT2D eigenvalue weighted by Gasteiger charge is -2.23. The maximum absolute atomic E-state index is 13.0. The van der Waals surface area contributed by atoms with Gasteiger partial charge in [0.2, 0.25) is 16.1 Å². The second-order valence-corrected chi connectivity index (χ2v) is 9.42. The number of benzene rings is 2. The van der Waals surface area contributed by atoms with Crippen molar-refractivity contribution in [1.82, 2.24) is 9.62 Å². The van der Waals surface area contributed by atoms with Crippen LogP contribution in [0.3, 0.4) is 0 Å². The number of carbonyl (C=O) groups is 2. The van der Waals surface area contributed by atoms with Crippen molar-refractivity contribution in [2.24, 2.45) is 0 Å². The van der Waals surface area contributed by atoms with Crippen LogP contribution >= 0.6 is 0 Å². The molecule has 1 atom stereocenters. The molecule has 0 saturated carbocycles. The summed E-state index contributed by atoms with van der Waals surface area (Å²) in [7, 11) is -3.79. The molecule has 0 aliphatic carbocycles. The van der Waals surface area contributed by atoms with Crippen LogP contribution in [0.25, 0.3) is 0 Å². The summed E-state index contributed by atoms with van der Waals surface area (Å²) in [5.74, 6) is -0.481. The predicted octanol–water partition coefficient (Wildman–Crippen LogP) is 3.28. The number of nitrogens with one attached hydrogen (secondary N) is 1. The van der Waals surface area contributed by atoms with Crippen molar-refractivity contribution in [3.8, 4) is 0 Å². The Morgan fingerprint density at radius 1 is 0.970 bits per heavy atom. The average Bonchev–Trinajstić information content (AvgIpc) is 3.56. The molecule has 9 heteroatoms. The SMILES string of the molecule is O=C(O[C@@H](C(=O)N1CCCC1)c1ccccc1)c1ccc(S(=O)(=O)NCc2ccco2)cc1. The zero-order chi connectivity index (χ0) is 23.3. The van der Waals surface area contributed by atoms with E-state index in [2.05, 4.69) is 4.72 Å². The molecule has 4 rings (SSSR count). The molecule has 2 aromatic carbocycles. The van der Waals surface area contributed by atoms with E-state index in [1.807, 2.05) is 6.07 Å². The van der Waals surface area contributed by atoms with Gasteiger partial charge in [0, 0.05) is 18.7 Å². The number of nitrogens with zero attached hydrogens (tertiary/aromatic N) is 1. The summed E-state index contributed by atoms with van der Waals surface area (Å²) in [4.78, 5) is 27.5. The summed E-state index contributed by atoms with van der Waals surface area (Å²) in [5.41, 5.74) is 0.735. The number of likely N-dealkylation sites (tertiary alicyclic amines) is 1. The summed E-state index contributed by atoms with van der Waals surface area (Å²) in [6.45, 7) is 1.28. The second-order valence-electron chi connectivity index (χ2n) is 7.66. The molecule has 0 bridgehead atoms. The first-order valence-corrected chi connectivity index (χ1v) is 12.1. The van der Waals surface area contributed by atoms with Crippen LogP contribution in [0.5, 0.6) is 0 Å². The van der Waals surface area contributed by atoms with Crippen LogP contribution in [-0.2, 0) is 26.1 Å². The molecule has 0 spiro atoms. The van der Waals surface area contributed by atoms with Crippen molar-refractivity contribution in [3.05, 3.63) is 89.9 Å². The van der Waals surface area contributed by atoms with E-state index in [0.717, 1.165) is 12.8 Å². The van der Waals surface area contributed by atoms with Crippen LogP contribution in [-0.4, -0.2) is 38.3 Å². The van der Waals surface area contributed by atoms with E-state index in [4.69, 9.17) is 9.15 Å². The molecule has 172 valence electrons. The molecule has 0 unspecified atom stereocenters. The van der Waals surface area contributed by atoms with Gasteiger partial charge in [-0.15, -0.1) is 0 Å². The van der Waals surface area contributed by atoms with Crippen molar-refractivity contribution >= 4 is 21.9 Å². The Labute approximate surface area is 192 Å². The van der Waals surface area contributed by atoms with Crippen LogP contribution in [0.1, 0.15) is 40.6 Å². The van der Waals surface area contributed by atoms with Crippen LogP contribution < -0.4 is 4.72 Å². The number of esters is 1. The van der Waals surface area contributed by atoms with Gasteiger partial charge in [-0.25, -0.2) is 17.9 Å². The lowest BCUT2D eigenvalue weighted by Crippen LogP contribution is -2.34. The van der Waals surface area contributed by atoms with Gasteiger partial charge < -0.3 is 14.1 Å². The number of ether oxygens (including phenoxy) is 1. The van der Waals surface area contributed by atoms with E-state index in [1.54, 1.807) is 41.3 Å². The molecular weight excluding hydrogens is 444 g/mol. The number of rotatable bonds is 8. The van der Waals surface area contributed by atoms with Gasteiger partial charge in [0.25, 0.3) is 5.91 Å². The fourth-order valence-corrected chi connectivity index (χ4v) is 4.59. The molecule has 3 aromatic rings. The standard InChI is InChI=1S/C24H24N2O6S/c27-23(26-14-4-5-15-26)22(18-7-2-1-3-8-18)32-24(28)19-10-12-21(13-11-19)33(29,30)25-17-20-9-6-16-31-20/h1-3,6-13,16,22,25H,4-5,14-15,17H2/t22-/m1/s1. The van der Waals surface area contributed by atoms with E-state index < -0.39 is 22.1 Å². The summed E-state index contributed by atoms with van der Waals surface area (Å²) < 4.78 is 38.2. The fraction of sp³-hybridized carbons (Fsp3) is 0.250. The van der Waals surface area contributed by atoms with Crippen LogP contribution in [0.2, 0.25) is 0 Å². The molecule has 1 saturated heterocycles. The molecule has 2 heterocycles. The fourth-order valence-electron chi connectivity index (χ4n) is 3.60. The van der Waals surface area contributed by atoms with Gasteiger partial charge in [-0.2, -0.15) is 0 Å². The van der Waals surface area contributed by atoms with Gasteiger partial charge in [-0.3, -0.25) is 4.79 Å². The third-order valence-electron chi connectivity index (χ3n) is 5.39. The normalized spacial score (nSPS) is 14.7. The van der Waals surface area contributed by atoms with Crippen molar-refractivity contribution in [2.75, 3.05) is 13.1 Å². The first-order valence-electron chi connectivity index (χ1n) is 10.6. The molecule has 1 aromatic heterocycles.